The molecule has 0 aliphatic carbocycles. The molecule has 0 bridgehead atoms. The number of fused-ring (bicyclic) bond motifs is 2. The number of likely N-dealkylation sites (tertiary alicyclic amines) is 1. The van der Waals surface area contributed by atoms with E-state index < -0.39 is 36.0 Å². The van der Waals surface area contributed by atoms with E-state index in [1.54, 1.807) is 55.6 Å². The van der Waals surface area contributed by atoms with E-state index in [0.29, 0.717) is 16.7 Å². The minimum atomic E-state index is -1.43. The summed E-state index contributed by atoms with van der Waals surface area (Å²) in [7, 11) is 0. The van der Waals surface area contributed by atoms with Gasteiger partial charge in [-0.2, -0.15) is 15.3 Å². The monoisotopic (exact) mass is 572 g/mol. The molecular formula is C28H25FN8O5. The third-order valence-corrected chi connectivity index (χ3v) is 7.26. The maximum Gasteiger partial charge on any atom is 0.269 e. The molecule has 0 saturated carbocycles. The number of anilines is 2. The number of carbonyl (C=O) groups excluding carboxylic acids is 4. The van der Waals surface area contributed by atoms with Gasteiger partial charge in [0.05, 0.1) is 30.1 Å². The quantitative estimate of drug-likeness (QED) is 0.314. The van der Waals surface area contributed by atoms with Gasteiger partial charge in [0.25, 0.3) is 11.8 Å². The number of hydrogen-bond acceptors (Lipinski definition) is 8. The van der Waals surface area contributed by atoms with Crippen LogP contribution >= 0.6 is 0 Å². The van der Waals surface area contributed by atoms with Crippen LogP contribution in [0.25, 0.3) is 22.0 Å². The van der Waals surface area contributed by atoms with Gasteiger partial charge in [0, 0.05) is 17.4 Å². The van der Waals surface area contributed by atoms with Crippen LogP contribution in [-0.2, 0) is 20.9 Å². The van der Waals surface area contributed by atoms with Crippen molar-refractivity contribution < 1.29 is 28.3 Å². The summed E-state index contributed by atoms with van der Waals surface area (Å²) in [5.41, 5.74) is 8.04. The van der Waals surface area contributed by atoms with Gasteiger partial charge in [0.2, 0.25) is 11.8 Å². The van der Waals surface area contributed by atoms with E-state index in [0.717, 1.165) is 16.0 Å². The topological polar surface area (TPSA) is 174 Å². The Morgan fingerprint density at radius 2 is 2.00 bits per heavy atom. The number of benzene rings is 2. The molecular weight excluding hydrogens is 547 g/mol. The first-order chi connectivity index (χ1) is 20.2. The van der Waals surface area contributed by atoms with Crippen molar-refractivity contribution >= 4 is 45.9 Å². The lowest BCUT2D eigenvalue weighted by Crippen LogP contribution is -2.44. The first-order valence-corrected chi connectivity index (χ1v) is 13.1. The van der Waals surface area contributed by atoms with Crippen molar-refractivity contribution in [1.82, 2.24) is 24.9 Å². The molecule has 6 rings (SSSR count). The number of ether oxygens (including phenoxy) is 1. The lowest BCUT2D eigenvalue weighted by Gasteiger charge is -2.27. The van der Waals surface area contributed by atoms with E-state index in [1.165, 1.54) is 10.9 Å². The van der Waals surface area contributed by atoms with Crippen LogP contribution in [-0.4, -0.2) is 73.4 Å². The number of amides is 4. The molecule has 42 heavy (non-hydrogen) atoms. The number of aromatic nitrogens is 4. The summed E-state index contributed by atoms with van der Waals surface area (Å²) in [6.07, 6.45) is 0.769. The number of primary amides is 1. The van der Waals surface area contributed by atoms with Gasteiger partial charge in [-0.3, -0.25) is 23.9 Å². The van der Waals surface area contributed by atoms with Crippen LogP contribution in [0.15, 0.2) is 54.9 Å². The fourth-order valence-electron chi connectivity index (χ4n) is 5.20. The van der Waals surface area contributed by atoms with E-state index >= 15 is 0 Å². The number of halogens is 1. The number of nitrogens with zero attached hydrogens (tertiary/aromatic N) is 5. The SMILES string of the molecule is CC1Oc2cccc(NC(=O)C3CC(F)CN3C(=O)Cn3nc(C(N)=O)c4cc(-c5ccnnc5)ccc43)c2NC1=O. The molecule has 1 fully saturated rings. The molecule has 4 amide bonds. The number of alkyl halides is 1. The molecule has 13 nitrogen and oxygen atoms in total. The summed E-state index contributed by atoms with van der Waals surface area (Å²) in [4.78, 5) is 52.3. The highest BCUT2D eigenvalue weighted by molar-refractivity contribution is 6.07. The van der Waals surface area contributed by atoms with Gasteiger partial charge in [0.1, 0.15) is 30.2 Å². The number of nitrogens with two attached hydrogens (primary N) is 1. The Labute approximate surface area is 237 Å². The van der Waals surface area contributed by atoms with Crippen LogP contribution in [0.5, 0.6) is 5.75 Å². The third kappa shape index (κ3) is 4.87. The van der Waals surface area contributed by atoms with Crippen LogP contribution in [0.4, 0.5) is 15.8 Å². The molecule has 2 aromatic heterocycles. The largest absolute Gasteiger partial charge is 0.479 e. The van der Waals surface area contributed by atoms with Crippen molar-refractivity contribution in [2.24, 2.45) is 5.73 Å². The Balaban J connectivity index is 1.25. The number of nitrogens with one attached hydrogen (secondary N) is 2. The van der Waals surface area contributed by atoms with E-state index in [9.17, 15) is 23.6 Å². The number of rotatable bonds is 6. The number of carbonyl (C=O) groups is 4. The van der Waals surface area contributed by atoms with Crippen LogP contribution in [0.1, 0.15) is 23.8 Å². The van der Waals surface area contributed by atoms with Gasteiger partial charge in [-0.05, 0) is 42.8 Å². The second kappa shape index (κ2) is 10.5. The maximum atomic E-state index is 14.6. The standard InChI is InChI=1S/C28H25FN8O5/c1-14-27(40)34-25-19(3-2-4-22(25)42-14)33-28(41)21-10-17(29)12-36(21)23(38)13-37-20-6-5-15(16-7-8-31-32-11-16)9-18(20)24(35-37)26(30)39/h2-9,11,14,17,21H,10,12-13H2,1H3,(H2,30,39)(H,33,41)(H,34,40). The second-order valence-electron chi connectivity index (χ2n) is 10.0. The van der Waals surface area contributed by atoms with E-state index in [2.05, 4.69) is 25.9 Å². The zero-order chi connectivity index (χ0) is 29.5. The molecule has 214 valence electrons. The van der Waals surface area contributed by atoms with Crippen molar-refractivity contribution in [3.63, 3.8) is 0 Å². The van der Waals surface area contributed by atoms with Crippen molar-refractivity contribution in [1.29, 1.82) is 0 Å². The Kier molecular flexibility index (Phi) is 6.72. The van der Waals surface area contributed by atoms with Gasteiger partial charge in [-0.1, -0.05) is 12.1 Å². The second-order valence-corrected chi connectivity index (χ2v) is 10.0. The van der Waals surface area contributed by atoms with Gasteiger partial charge in [-0.15, -0.1) is 0 Å². The molecule has 3 atom stereocenters. The fraction of sp³-hybridized carbons (Fsp3) is 0.250. The zero-order valence-corrected chi connectivity index (χ0v) is 22.3. The summed E-state index contributed by atoms with van der Waals surface area (Å²) in [6, 6.07) is 10.7. The van der Waals surface area contributed by atoms with Crippen molar-refractivity contribution in [3.05, 3.63) is 60.6 Å². The molecule has 4 N–H and O–H groups in total. The first kappa shape index (κ1) is 26.8. The van der Waals surface area contributed by atoms with Crippen LogP contribution in [0.2, 0.25) is 0 Å². The Morgan fingerprint density at radius 1 is 1.17 bits per heavy atom. The van der Waals surface area contributed by atoms with E-state index in [-0.39, 0.29) is 42.5 Å². The molecule has 1 saturated heterocycles. The smallest absolute Gasteiger partial charge is 0.269 e. The van der Waals surface area contributed by atoms with Gasteiger partial charge in [0.15, 0.2) is 11.8 Å². The normalized spacial score (nSPS) is 19.6. The average molecular weight is 573 g/mol. The molecule has 0 spiro atoms. The molecule has 2 aliphatic heterocycles. The van der Waals surface area contributed by atoms with Crippen molar-refractivity contribution in [3.8, 4) is 16.9 Å². The van der Waals surface area contributed by atoms with Gasteiger partial charge >= 0.3 is 0 Å². The Morgan fingerprint density at radius 3 is 2.76 bits per heavy atom. The average Bonchev–Trinajstić information content (AvgIpc) is 3.55. The molecule has 4 heterocycles. The molecule has 14 heteroatoms. The summed E-state index contributed by atoms with van der Waals surface area (Å²) >= 11 is 0. The molecule has 4 aromatic rings. The third-order valence-electron chi connectivity index (χ3n) is 7.26. The van der Waals surface area contributed by atoms with Gasteiger partial charge < -0.3 is 26.0 Å². The Bertz CT molecular complexity index is 1740. The highest BCUT2D eigenvalue weighted by Gasteiger charge is 2.40. The predicted molar refractivity (Wildman–Crippen MR) is 148 cm³/mol. The number of para-hydroxylation sites is 1. The van der Waals surface area contributed by atoms with Crippen molar-refractivity contribution in [2.75, 3.05) is 17.2 Å². The van der Waals surface area contributed by atoms with E-state index in [4.69, 9.17) is 10.5 Å². The van der Waals surface area contributed by atoms with E-state index in [1.807, 2.05) is 0 Å². The highest BCUT2D eigenvalue weighted by atomic mass is 19.1. The summed E-state index contributed by atoms with van der Waals surface area (Å²) in [6.45, 7) is 0.945. The predicted octanol–water partition coefficient (Wildman–Crippen LogP) is 1.89. The fourth-order valence-corrected chi connectivity index (χ4v) is 5.20. The molecule has 3 unspecified atom stereocenters. The highest BCUT2D eigenvalue weighted by Crippen LogP contribution is 2.37. The molecule has 2 aliphatic rings. The Hall–Kier alpha value is -5.40. The van der Waals surface area contributed by atoms with Crippen molar-refractivity contribution in [2.45, 2.75) is 38.2 Å². The molecule has 2 aromatic carbocycles. The molecule has 0 radical (unpaired) electrons. The minimum absolute atomic E-state index is 0.0341. The minimum Gasteiger partial charge on any atom is -0.479 e. The van der Waals surface area contributed by atoms with Crippen LogP contribution < -0.4 is 21.1 Å². The lowest BCUT2D eigenvalue weighted by atomic mass is 10.0. The summed E-state index contributed by atoms with van der Waals surface area (Å²) < 4.78 is 21.5. The summed E-state index contributed by atoms with van der Waals surface area (Å²) in [5, 5.41) is 17.7. The maximum absolute atomic E-state index is 14.6. The van der Waals surface area contributed by atoms with Crippen LogP contribution in [0, 0.1) is 0 Å². The zero-order valence-electron chi connectivity index (χ0n) is 22.3. The first-order valence-electron chi connectivity index (χ1n) is 13.1. The van der Waals surface area contributed by atoms with Gasteiger partial charge in [-0.25, -0.2) is 4.39 Å². The summed E-state index contributed by atoms with van der Waals surface area (Å²) in [5.74, 6) is -1.98. The number of hydrogen-bond donors (Lipinski definition) is 3. The lowest BCUT2D eigenvalue weighted by molar-refractivity contribution is -0.137. The van der Waals surface area contributed by atoms with Crippen LogP contribution in [0.3, 0.4) is 0 Å².